The van der Waals surface area contributed by atoms with Gasteiger partial charge in [-0.1, -0.05) is 0 Å². The third-order valence-corrected chi connectivity index (χ3v) is 4.37. The van der Waals surface area contributed by atoms with E-state index in [9.17, 15) is 9.59 Å². The van der Waals surface area contributed by atoms with Crippen LogP contribution < -0.4 is 4.46 Å². The molecule has 19 heavy (non-hydrogen) atoms. The summed E-state index contributed by atoms with van der Waals surface area (Å²) in [5.74, 6) is -0.201. The maximum absolute atomic E-state index is 11.7. The van der Waals surface area contributed by atoms with Crippen LogP contribution in [0.3, 0.4) is 0 Å². The van der Waals surface area contributed by atoms with E-state index >= 15 is 0 Å². The number of rotatable bonds is 8. The maximum atomic E-state index is 11.7. The van der Waals surface area contributed by atoms with Crippen molar-refractivity contribution >= 4 is 30.1 Å². The van der Waals surface area contributed by atoms with Gasteiger partial charge in [0.2, 0.25) is 0 Å². The third kappa shape index (κ3) is 7.60. The van der Waals surface area contributed by atoms with Gasteiger partial charge in [0.05, 0.1) is 0 Å². The second-order valence-electron chi connectivity index (χ2n) is 3.91. The predicted octanol–water partition coefficient (Wildman–Crippen LogP) is 1.83. The van der Waals surface area contributed by atoms with E-state index in [0.717, 1.165) is 10.9 Å². The molecule has 0 N–H and O–H groups in total. The van der Waals surface area contributed by atoms with Crippen LogP contribution in [0.15, 0.2) is 42.5 Å². The van der Waals surface area contributed by atoms with Gasteiger partial charge in [0.1, 0.15) is 0 Å². The summed E-state index contributed by atoms with van der Waals surface area (Å²) in [6.07, 6.45) is 6.28. The number of carbonyl (C=O) groups is 2. The van der Waals surface area contributed by atoms with Crippen LogP contribution in [0.25, 0.3) is 0 Å². The fourth-order valence-electron chi connectivity index (χ4n) is 1.41. The van der Waals surface area contributed by atoms with Gasteiger partial charge in [-0.2, -0.15) is 0 Å². The predicted molar refractivity (Wildman–Crippen MR) is 76.5 cm³/mol. The Bertz CT molecular complexity index is 426. The zero-order valence-electron chi connectivity index (χ0n) is 11.0. The van der Waals surface area contributed by atoms with Crippen molar-refractivity contribution in [2.45, 2.75) is 25.7 Å². The molecule has 0 amide bonds. The van der Waals surface area contributed by atoms with Crippen molar-refractivity contribution in [3.05, 3.63) is 42.5 Å². The van der Waals surface area contributed by atoms with Gasteiger partial charge in [-0.15, -0.1) is 0 Å². The number of allylic oxidation sites excluding steroid dienone is 2. The minimum atomic E-state index is -0.201. The Hall–Kier alpha value is -1.38. The van der Waals surface area contributed by atoms with E-state index in [4.69, 9.17) is 0 Å². The van der Waals surface area contributed by atoms with Crippen LogP contribution in [0, 0.1) is 0 Å². The molecule has 0 atom stereocenters. The summed E-state index contributed by atoms with van der Waals surface area (Å²) in [5, 5.41) is 0. The molecule has 0 aliphatic rings. The molecule has 0 aromatic heterocycles. The Morgan fingerprint density at radius 2 is 1.74 bits per heavy atom. The molecule has 0 heterocycles. The van der Waals surface area contributed by atoms with E-state index in [0.29, 0.717) is 23.9 Å². The van der Waals surface area contributed by atoms with Crippen molar-refractivity contribution in [1.82, 2.24) is 0 Å². The van der Waals surface area contributed by atoms with Gasteiger partial charge in [-0.3, -0.25) is 0 Å². The van der Waals surface area contributed by atoms with Gasteiger partial charge in [0.15, 0.2) is 0 Å². The fraction of sp³-hybridized carbons (Fsp3) is 0.333. The fourth-order valence-corrected chi connectivity index (χ4v) is 3.04. The zero-order chi connectivity index (χ0) is 13.9. The van der Waals surface area contributed by atoms with Crippen LogP contribution in [0.5, 0.6) is 0 Å². The molecule has 0 radical (unpaired) electrons. The molecule has 1 rings (SSSR count). The SMILES string of the molecule is COC(=O)CC/C=C\CCC(=O)[Se]c1ccccc1. The molecule has 0 aliphatic heterocycles. The number of methoxy groups -OCH3 is 1. The minimum absolute atomic E-state index is 0.0822. The van der Waals surface area contributed by atoms with Gasteiger partial charge in [0.25, 0.3) is 0 Å². The summed E-state index contributed by atoms with van der Waals surface area (Å²) in [6, 6.07) is 9.84. The summed E-state index contributed by atoms with van der Waals surface area (Å²) in [5.41, 5.74) is 0. The topological polar surface area (TPSA) is 43.4 Å². The molecular formula is C15H18O3Se. The van der Waals surface area contributed by atoms with Crippen molar-refractivity contribution in [2.24, 2.45) is 0 Å². The Kier molecular flexibility index (Phi) is 7.87. The Morgan fingerprint density at radius 1 is 1.11 bits per heavy atom. The monoisotopic (exact) mass is 326 g/mol. The second kappa shape index (κ2) is 9.54. The first-order valence-electron chi connectivity index (χ1n) is 6.20. The van der Waals surface area contributed by atoms with Crippen LogP contribution in [-0.4, -0.2) is 32.7 Å². The van der Waals surface area contributed by atoms with Gasteiger partial charge in [-0.05, 0) is 0 Å². The van der Waals surface area contributed by atoms with Crippen molar-refractivity contribution in [3.8, 4) is 0 Å². The van der Waals surface area contributed by atoms with Gasteiger partial charge >= 0.3 is 120 Å². The van der Waals surface area contributed by atoms with E-state index in [1.807, 2.05) is 42.5 Å². The molecule has 1 aromatic rings. The first-order chi connectivity index (χ1) is 9.22. The van der Waals surface area contributed by atoms with Crippen LogP contribution in [0.4, 0.5) is 0 Å². The second-order valence-corrected chi connectivity index (χ2v) is 6.28. The molecule has 0 spiro atoms. The van der Waals surface area contributed by atoms with E-state index in [1.165, 1.54) is 7.11 Å². The number of ether oxygens (including phenoxy) is 1. The third-order valence-electron chi connectivity index (χ3n) is 2.40. The molecular weight excluding hydrogens is 307 g/mol. The van der Waals surface area contributed by atoms with E-state index in [2.05, 4.69) is 4.74 Å². The van der Waals surface area contributed by atoms with Crippen LogP contribution in [0.1, 0.15) is 25.7 Å². The first kappa shape index (κ1) is 15.7. The molecule has 0 bridgehead atoms. The van der Waals surface area contributed by atoms with Crippen molar-refractivity contribution < 1.29 is 14.3 Å². The van der Waals surface area contributed by atoms with E-state index < -0.39 is 0 Å². The average Bonchev–Trinajstić information content (AvgIpc) is 2.43. The van der Waals surface area contributed by atoms with Gasteiger partial charge < -0.3 is 0 Å². The molecule has 0 saturated heterocycles. The van der Waals surface area contributed by atoms with Crippen molar-refractivity contribution in [1.29, 1.82) is 0 Å². The summed E-state index contributed by atoms with van der Waals surface area (Å²) >= 11 is -0.0822. The molecule has 0 fully saturated rings. The molecule has 0 aliphatic carbocycles. The Morgan fingerprint density at radius 3 is 2.37 bits per heavy atom. The zero-order valence-corrected chi connectivity index (χ0v) is 12.7. The number of hydrogen-bond acceptors (Lipinski definition) is 3. The van der Waals surface area contributed by atoms with Crippen molar-refractivity contribution in [2.75, 3.05) is 7.11 Å². The summed E-state index contributed by atoms with van der Waals surface area (Å²) in [6.45, 7) is 0. The number of hydrogen-bond donors (Lipinski definition) is 0. The summed E-state index contributed by atoms with van der Waals surface area (Å²) < 4.78 is 5.96. The molecule has 0 saturated carbocycles. The number of carbonyl (C=O) groups excluding carboxylic acids is 2. The summed E-state index contributed by atoms with van der Waals surface area (Å²) in [7, 11) is 1.39. The Balaban J connectivity index is 2.14. The first-order valence-corrected chi connectivity index (χ1v) is 7.91. The molecule has 102 valence electrons. The molecule has 4 heteroatoms. The molecule has 1 aromatic carbocycles. The van der Waals surface area contributed by atoms with Crippen LogP contribution >= 0.6 is 0 Å². The van der Waals surface area contributed by atoms with Crippen LogP contribution in [0.2, 0.25) is 0 Å². The summed E-state index contributed by atoms with van der Waals surface area (Å²) in [4.78, 5) is 22.6. The van der Waals surface area contributed by atoms with Gasteiger partial charge in [-0.25, -0.2) is 0 Å². The average molecular weight is 325 g/mol. The Labute approximate surface area is 120 Å². The number of esters is 1. The normalized spacial score (nSPS) is 10.6. The van der Waals surface area contributed by atoms with E-state index in [-0.39, 0.29) is 20.9 Å². The number of benzene rings is 1. The van der Waals surface area contributed by atoms with Crippen molar-refractivity contribution in [3.63, 3.8) is 0 Å². The molecule has 3 nitrogen and oxygen atoms in total. The molecule has 0 unspecified atom stereocenters. The van der Waals surface area contributed by atoms with E-state index in [1.54, 1.807) is 0 Å². The van der Waals surface area contributed by atoms with Gasteiger partial charge in [0, 0.05) is 0 Å². The van der Waals surface area contributed by atoms with Crippen LogP contribution in [-0.2, 0) is 14.3 Å². The standard InChI is InChI=1S/C15H18O3Se/c1-18-14(16)11-7-2-3-8-12-15(17)19-13-9-5-4-6-10-13/h2-6,9-10H,7-8,11-12H2,1H3/b3-2-. The quantitative estimate of drug-likeness (QED) is 0.416.